The van der Waals surface area contributed by atoms with Crippen LogP contribution in [0.15, 0.2) is 64.2 Å². The number of ether oxygens (including phenoxy) is 2. The highest BCUT2D eigenvalue weighted by atomic mass is 16.5. The fourth-order valence-corrected chi connectivity index (χ4v) is 5.58. The van der Waals surface area contributed by atoms with Gasteiger partial charge in [0, 0.05) is 56.6 Å². The third-order valence-corrected chi connectivity index (χ3v) is 7.63. The number of hydrogen-bond acceptors (Lipinski definition) is 6. The molecule has 0 saturated carbocycles. The summed E-state index contributed by atoms with van der Waals surface area (Å²) in [5.41, 5.74) is 3.22. The van der Waals surface area contributed by atoms with Crippen molar-refractivity contribution in [2.45, 2.75) is 24.8 Å². The van der Waals surface area contributed by atoms with E-state index in [-0.39, 0.29) is 17.9 Å². The van der Waals surface area contributed by atoms with Crippen molar-refractivity contribution in [1.82, 2.24) is 9.80 Å². The lowest BCUT2D eigenvalue weighted by atomic mass is 9.90. The van der Waals surface area contributed by atoms with Gasteiger partial charge in [0.1, 0.15) is 17.0 Å². The smallest absolute Gasteiger partial charge is 0.409 e. The quantitative estimate of drug-likeness (QED) is 0.547. The van der Waals surface area contributed by atoms with Gasteiger partial charge in [-0.3, -0.25) is 14.7 Å². The van der Waals surface area contributed by atoms with Crippen LogP contribution in [0.4, 0.5) is 4.79 Å². The average molecular weight is 488 g/mol. The third kappa shape index (κ3) is 3.95. The first-order chi connectivity index (χ1) is 17.6. The number of furan rings is 1. The fourth-order valence-electron chi connectivity index (χ4n) is 5.58. The largest absolute Gasteiger partial charge is 0.464 e. The van der Waals surface area contributed by atoms with Crippen molar-refractivity contribution in [1.29, 1.82) is 0 Å². The zero-order valence-corrected chi connectivity index (χ0v) is 20.3. The first kappa shape index (κ1) is 22.8. The van der Waals surface area contributed by atoms with Gasteiger partial charge in [-0.05, 0) is 41.7 Å². The molecule has 0 radical (unpaired) electrons. The monoisotopic (exact) mass is 487 g/mol. The molecule has 6 rings (SSSR count). The second-order valence-electron chi connectivity index (χ2n) is 9.82. The molecule has 1 aromatic heterocycles. The molecule has 8 nitrogen and oxygen atoms in total. The highest BCUT2D eigenvalue weighted by Crippen LogP contribution is 2.36. The van der Waals surface area contributed by atoms with Crippen molar-refractivity contribution in [3.05, 3.63) is 60.4 Å². The van der Waals surface area contributed by atoms with Crippen LogP contribution in [0.2, 0.25) is 0 Å². The molecule has 2 saturated heterocycles. The van der Waals surface area contributed by atoms with Gasteiger partial charge in [0.15, 0.2) is 0 Å². The number of aliphatic imine (C=N–C) groups is 1. The number of carbonyl (C=O) groups excluding carboxylic acids is 2. The summed E-state index contributed by atoms with van der Waals surface area (Å²) < 4.78 is 15.9. The molecule has 3 aromatic rings. The van der Waals surface area contributed by atoms with E-state index in [0.29, 0.717) is 45.7 Å². The highest BCUT2D eigenvalue weighted by molar-refractivity contribution is 6.15. The minimum atomic E-state index is -0.751. The molecule has 0 aliphatic carbocycles. The molecule has 0 N–H and O–H groups in total. The summed E-state index contributed by atoms with van der Waals surface area (Å²) in [6.07, 6.45) is 3.39. The first-order valence-corrected chi connectivity index (χ1v) is 12.5. The minimum absolute atomic E-state index is 0.0480. The lowest BCUT2D eigenvalue weighted by molar-refractivity contribution is -0.134. The number of rotatable bonds is 4. The number of amidine groups is 1. The molecule has 4 heterocycles. The Kier molecular flexibility index (Phi) is 5.76. The predicted molar refractivity (Wildman–Crippen MR) is 135 cm³/mol. The van der Waals surface area contributed by atoms with Crippen LogP contribution < -0.4 is 0 Å². The van der Waals surface area contributed by atoms with Crippen molar-refractivity contribution in [3.63, 3.8) is 0 Å². The number of methoxy groups -OCH3 is 1. The van der Waals surface area contributed by atoms with Gasteiger partial charge in [-0.25, -0.2) is 4.79 Å². The van der Waals surface area contributed by atoms with E-state index in [4.69, 9.17) is 18.9 Å². The van der Waals surface area contributed by atoms with Crippen molar-refractivity contribution < 1.29 is 23.5 Å². The summed E-state index contributed by atoms with van der Waals surface area (Å²) in [4.78, 5) is 34.3. The zero-order chi connectivity index (χ0) is 24.7. The zero-order valence-electron chi connectivity index (χ0n) is 20.3. The number of nitrogens with zero attached hydrogens (tertiary/aromatic N) is 3. The van der Waals surface area contributed by atoms with Gasteiger partial charge in [0.25, 0.3) is 5.91 Å². The van der Waals surface area contributed by atoms with Gasteiger partial charge in [0.05, 0.1) is 13.4 Å². The van der Waals surface area contributed by atoms with E-state index in [1.807, 2.05) is 35.2 Å². The summed E-state index contributed by atoms with van der Waals surface area (Å²) in [7, 11) is 1.40. The Hall–Kier alpha value is -3.65. The lowest BCUT2D eigenvalue weighted by Crippen LogP contribution is -2.47. The maximum Gasteiger partial charge on any atom is 0.409 e. The molecule has 2 aromatic carbocycles. The van der Waals surface area contributed by atoms with Crippen LogP contribution in [0.5, 0.6) is 0 Å². The summed E-state index contributed by atoms with van der Waals surface area (Å²) in [6, 6.07) is 16.3. The molecule has 2 fully saturated rings. The van der Waals surface area contributed by atoms with Crippen molar-refractivity contribution in [3.8, 4) is 11.1 Å². The van der Waals surface area contributed by atoms with E-state index in [1.165, 1.54) is 7.11 Å². The molecule has 8 heteroatoms. The number of likely N-dealkylation sites (tertiary alicyclic amines) is 1. The van der Waals surface area contributed by atoms with Crippen LogP contribution in [0.1, 0.15) is 24.8 Å². The van der Waals surface area contributed by atoms with Gasteiger partial charge in [-0.1, -0.05) is 30.3 Å². The minimum Gasteiger partial charge on any atom is -0.464 e. The van der Waals surface area contributed by atoms with Crippen LogP contribution in [-0.2, 0) is 14.3 Å². The Morgan fingerprint density at radius 3 is 2.61 bits per heavy atom. The molecule has 0 bridgehead atoms. The van der Waals surface area contributed by atoms with E-state index >= 15 is 0 Å². The fraction of sp³-hybridized carbons (Fsp3) is 0.393. The molecule has 3 aliphatic rings. The lowest BCUT2D eigenvalue weighted by Gasteiger charge is -2.30. The van der Waals surface area contributed by atoms with E-state index in [2.05, 4.69) is 18.2 Å². The Labute approximate surface area is 209 Å². The van der Waals surface area contributed by atoms with Crippen LogP contribution in [0, 0.1) is 5.92 Å². The summed E-state index contributed by atoms with van der Waals surface area (Å²) in [5, 5.41) is 1.06. The number of benzene rings is 2. The number of carbonyl (C=O) groups is 2. The Morgan fingerprint density at radius 1 is 1.08 bits per heavy atom. The molecular weight excluding hydrogens is 458 g/mol. The summed E-state index contributed by atoms with van der Waals surface area (Å²) >= 11 is 0. The molecule has 1 atom stereocenters. The summed E-state index contributed by atoms with van der Waals surface area (Å²) in [5.74, 6) is 0.941. The predicted octanol–water partition coefficient (Wildman–Crippen LogP) is 4.33. The number of amides is 2. The molecule has 0 unspecified atom stereocenters. The highest BCUT2D eigenvalue weighted by Gasteiger charge is 2.50. The molecule has 1 spiro atoms. The van der Waals surface area contributed by atoms with E-state index in [1.54, 1.807) is 11.2 Å². The van der Waals surface area contributed by atoms with E-state index < -0.39 is 5.54 Å². The van der Waals surface area contributed by atoms with Gasteiger partial charge in [-0.2, -0.15) is 0 Å². The SMILES string of the molecule is COC(=O)N1CC[C@@H](CN2C(=O)C3(CCOCC3)N=C2c2ccc(-c3ccc4occc4c3)cc2)C1. The van der Waals surface area contributed by atoms with Gasteiger partial charge in [-0.15, -0.1) is 0 Å². The standard InChI is InChI=1S/C28H29N3O5/c1-34-27(33)30-12-8-19(17-30)18-31-25(29-28(26(31)32)10-14-35-15-11-28)21-4-2-20(3-5-21)22-6-7-24-23(16-22)9-13-36-24/h2-7,9,13,16,19H,8,10-12,14-15,17-18H2,1H3/t19-/m1/s1. The second-order valence-corrected chi connectivity index (χ2v) is 9.82. The third-order valence-electron chi connectivity index (χ3n) is 7.63. The number of hydrogen-bond donors (Lipinski definition) is 0. The van der Waals surface area contributed by atoms with Crippen LogP contribution in [0.3, 0.4) is 0 Å². The van der Waals surface area contributed by atoms with Gasteiger partial charge < -0.3 is 18.8 Å². The normalized spacial score (nSPS) is 21.4. The van der Waals surface area contributed by atoms with Crippen LogP contribution in [-0.4, -0.2) is 73.1 Å². The maximum atomic E-state index is 13.8. The Morgan fingerprint density at radius 2 is 1.83 bits per heavy atom. The van der Waals surface area contributed by atoms with Crippen molar-refractivity contribution in [2.75, 3.05) is 40.0 Å². The average Bonchev–Trinajstić information content (AvgIpc) is 3.64. The summed E-state index contributed by atoms with van der Waals surface area (Å²) in [6.45, 7) is 2.82. The topological polar surface area (TPSA) is 84.6 Å². The Balaban J connectivity index is 1.28. The van der Waals surface area contributed by atoms with E-state index in [0.717, 1.165) is 39.9 Å². The maximum absolute atomic E-state index is 13.8. The molecule has 186 valence electrons. The van der Waals surface area contributed by atoms with Gasteiger partial charge in [0.2, 0.25) is 0 Å². The van der Waals surface area contributed by atoms with E-state index in [9.17, 15) is 9.59 Å². The van der Waals surface area contributed by atoms with Crippen molar-refractivity contribution >= 4 is 28.8 Å². The molecular formula is C28H29N3O5. The molecule has 36 heavy (non-hydrogen) atoms. The second kappa shape index (κ2) is 9.09. The number of fused-ring (bicyclic) bond motifs is 1. The van der Waals surface area contributed by atoms with Crippen LogP contribution in [0.25, 0.3) is 22.1 Å². The Bertz CT molecular complexity index is 1320. The van der Waals surface area contributed by atoms with Crippen molar-refractivity contribution in [2.24, 2.45) is 10.9 Å². The molecule has 3 aliphatic heterocycles. The van der Waals surface area contributed by atoms with Crippen LogP contribution >= 0.6 is 0 Å². The van der Waals surface area contributed by atoms with Gasteiger partial charge >= 0.3 is 6.09 Å². The first-order valence-electron chi connectivity index (χ1n) is 12.5. The molecule has 2 amide bonds.